The van der Waals surface area contributed by atoms with Crippen molar-refractivity contribution in [2.45, 2.75) is 40.0 Å². The zero-order valence-corrected chi connectivity index (χ0v) is 7.93. The minimum atomic E-state index is 0.732. The molecule has 0 aromatic rings. The molecule has 0 amide bonds. The summed E-state index contributed by atoms with van der Waals surface area (Å²) in [5.74, 6) is 0.732. The first-order chi connectivity index (χ1) is 5.16. The molecule has 11 heavy (non-hydrogen) atoms. The van der Waals surface area contributed by atoms with Crippen LogP contribution in [-0.2, 0) is 0 Å². The second-order valence-electron chi connectivity index (χ2n) is 3.44. The van der Waals surface area contributed by atoms with Crippen molar-refractivity contribution in [2.75, 3.05) is 0 Å². The van der Waals surface area contributed by atoms with Gasteiger partial charge in [-0.1, -0.05) is 31.2 Å². The second kappa shape index (κ2) is 6.21. The minimum Gasteiger partial charge on any atom is -0.0859 e. The summed E-state index contributed by atoms with van der Waals surface area (Å²) in [6.45, 7) is 11.8. The lowest BCUT2D eigenvalue weighted by Gasteiger charge is -2.05. The van der Waals surface area contributed by atoms with Gasteiger partial charge in [0.25, 0.3) is 0 Å². The highest BCUT2D eigenvalue weighted by atomic mass is 14.0. The van der Waals surface area contributed by atoms with Gasteiger partial charge in [-0.05, 0) is 39.0 Å². The van der Waals surface area contributed by atoms with Crippen molar-refractivity contribution in [2.24, 2.45) is 5.92 Å². The molecule has 1 radical (unpaired) electrons. The monoisotopic (exact) mass is 151 g/mol. The highest BCUT2D eigenvalue weighted by Crippen LogP contribution is 2.11. The van der Waals surface area contributed by atoms with Gasteiger partial charge in [-0.25, -0.2) is 0 Å². The van der Waals surface area contributed by atoms with Crippen LogP contribution < -0.4 is 0 Å². The van der Waals surface area contributed by atoms with Gasteiger partial charge in [0.05, 0.1) is 0 Å². The van der Waals surface area contributed by atoms with Crippen LogP contribution in [0.5, 0.6) is 0 Å². The number of hydrogen-bond donors (Lipinski definition) is 0. The fourth-order valence-corrected chi connectivity index (χ4v) is 1.01. The molecule has 1 unspecified atom stereocenters. The summed E-state index contributed by atoms with van der Waals surface area (Å²) in [7, 11) is 0. The predicted molar refractivity (Wildman–Crippen MR) is 51.3 cm³/mol. The Bertz CT molecular complexity index is 127. The Morgan fingerprint density at radius 2 is 2.09 bits per heavy atom. The molecule has 0 saturated carbocycles. The summed E-state index contributed by atoms with van der Waals surface area (Å²) >= 11 is 0. The van der Waals surface area contributed by atoms with Crippen LogP contribution in [0.1, 0.15) is 40.0 Å². The summed E-state index contributed by atoms with van der Waals surface area (Å²) < 4.78 is 0. The van der Waals surface area contributed by atoms with Gasteiger partial charge in [0.15, 0.2) is 0 Å². The van der Waals surface area contributed by atoms with E-state index >= 15 is 0 Å². The quantitative estimate of drug-likeness (QED) is 0.525. The second-order valence-corrected chi connectivity index (χ2v) is 3.44. The van der Waals surface area contributed by atoms with Crippen LogP contribution in [-0.4, -0.2) is 0 Å². The van der Waals surface area contributed by atoms with Crippen molar-refractivity contribution in [3.8, 4) is 0 Å². The molecule has 0 aliphatic rings. The molecule has 0 bridgehead atoms. The van der Waals surface area contributed by atoms with Crippen molar-refractivity contribution >= 4 is 0 Å². The first-order valence-corrected chi connectivity index (χ1v) is 4.33. The molecule has 0 fully saturated rings. The van der Waals surface area contributed by atoms with Crippen LogP contribution in [0.4, 0.5) is 0 Å². The van der Waals surface area contributed by atoms with E-state index < -0.39 is 0 Å². The molecular weight excluding hydrogens is 132 g/mol. The highest BCUT2D eigenvalue weighted by molar-refractivity contribution is 4.92. The first kappa shape index (κ1) is 10.5. The molecule has 1 atom stereocenters. The Morgan fingerprint density at radius 3 is 2.55 bits per heavy atom. The smallest absolute Gasteiger partial charge is 0.0322 e. The molecule has 0 heterocycles. The van der Waals surface area contributed by atoms with E-state index in [9.17, 15) is 0 Å². The number of rotatable bonds is 5. The van der Waals surface area contributed by atoms with Crippen molar-refractivity contribution in [1.29, 1.82) is 0 Å². The standard InChI is InChI=1S/C11H19/c1-5-7-11(4)9-6-8-10(2)3/h1,5,8,11H,6-7,9H2,2-4H3. The normalized spacial score (nSPS) is 12.3. The third kappa shape index (κ3) is 7.38. The topological polar surface area (TPSA) is 0 Å². The Balaban J connectivity index is 3.38. The van der Waals surface area contributed by atoms with Gasteiger partial charge in [-0.3, -0.25) is 0 Å². The van der Waals surface area contributed by atoms with E-state index in [1.165, 1.54) is 18.4 Å². The maximum absolute atomic E-state index is 5.32. The fourth-order valence-electron chi connectivity index (χ4n) is 1.01. The van der Waals surface area contributed by atoms with E-state index in [0.717, 1.165) is 12.3 Å². The van der Waals surface area contributed by atoms with Crippen molar-refractivity contribution in [1.82, 2.24) is 0 Å². The van der Waals surface area contributed by atoms with E-state index in [0.29, 0.717) is 0 Å². The van der Waals surface area contributed by atoms with Crippen LogP contribution in [0.25, 0.3) is 0 Å². The molecule has 0 N–H and O–H groups in total. The SMILES string of the molecule is [CH]=CCC(C)CCC=C(C)C. The van der Waals surface area contributed by atoms with E-state index in [2.05, 4.69) is 26.8 Å². The minimum absolute atomic E-state index is 0.732. The molecule has 0 aromatic carbocycles. The van der Waals surface area contributed by atoms with Crippen molar-refractivity contribution in [3.05, 3.63) is 24.3 Å². The molecule has 0 aromatic heterocycles. The van der Waals surface area contributed by atoms with Gasteiger partial charge in [0.1, 0.15) is 0 Å². The van der Waals surface area contributed by atoms with E-state index in [-0.39, 0.29) is 0 Å². The van der Waals surface area contributed by atoms with E-state index in [4.69, 9.17) is 6.58 Å². The van der Waals surface area contributed by atoms with Gasteiger partial charge in [0, 0.05) is 0 Å². The lowest BCUT2D eigenvalue weighted by Crippen LogP contribution is -1.90. The average molecular weight is 151 g/mol. The molecule has 0 saturated heterocycles. The summed E-state index contributed by atoms with van der Waals surface area (Å²) in [4.78, 5) is 0. The first-order valence-electron chi connectivity index (χ1n) is 4.33. The Morgan fingerprint density at radius 1 is 1.45 bits per heavy atom. The van der Waals surface area contributed by atoms with Crippen molar-refractivity contribution in [3.63, 3.8) is 0 Å². The van der Waals surface area contributed by atoms with Gasteiger partial charge >= 0.3 is 0 Å². The Hall–Kier alpha value is -0.520. The molecule has 0 aliphatic carbocycles. The third-order valence-electron chi connectivity index (χ3n) is 1.75. The van der Waals surface area contributed by atoms with Gasteiger partial charge < -0.3 is 0 Å². The predicted octanol–water partition coefficient (Wildman–Crippen LogP) is 3.75. The largest absolute Gasteiger partial charge is 0.0859 e. The lowest BCUT2D eigenvalue weighted by molar-refractivity contribution is 0.546. The summed E-state index contributed by atoms with van der Waals surface area (Å²) in [6.07, 6.45) is 7.52. The van der Waals surface area contributed by atoms with Crippen LogP contribution in [0.3, 0.4) is 0 Å². The zero-order valence-electron chi connectivity index (χ0n) is 7.93. The van der Waals surface area contributed by atoms with E-state index in [1.54, 1.807) is 6.08 Å². The van der Waals surface area contributed by atoms with Crippen LogP contribution in [0.2, 0.25) is 0 Å². The van der Waals surface area contributed by atoms with Crippen LogP contribution in [0, 0.1) is 12.5 Å². The van der Waals surface area contributed by atoms with E-state index in [1.807, 2.05) is 0 Å². The number of hydrogen-bond acceptors (Lipinski definition) is 0. The lowest BCUT2D eigenvalue weighted by atomic mass is 10.0. The third-order valence-corrected chi connectivity index (χ3v) is 1.75. The molecule has 0 nitrogen and oxygen atoms in total. The van der Waals surface area contributed by atoms with Crippen molar-refractivity contribution < 1.29 is 0 Å². The molecule has 0 rings (SSSR count). The maximum atomic E-state index is 5.32. The van der Waals surface area contributed by atoms with Gasteiger partial charge in [0.2, 0.25) is 0 Å². The average Bonchev–Trinajstić information content (AvgIpc) is 1.87. The zero-order chi connectivity index (χ0) is 8.69. The summed E-state index contributed by atoms with van der Waals surface area (Å²) in [5, 5.41) is 0. The summed E-state index contributed by atoms with van der Waals surface area (Å²) in [5.41, 5.74) is 1.41. The van der Waals surface area contributed by atoms with Gasteiger partial charge in [-0.2, -0.15) is 0 Å². The molecule has 0 spiro atoms. The maximum Gasteiger partial charge on any atom is -0.0322 e. The molecule has 63 valence electrons. The highest BCUT2D eigenvalue weighted by Gasteiger charge is 1.96. The molecule has 0 heteroatoms. The molecule has 0 aliphatic heterocycles. The Labute approximate surface area is 71.0 Å². The fraction of sp³-hybridized carbons (Fsp3) is 0.636. The number of allylic oxidation sites excluding steroid dienone is 3. The van der Waals surface area contributed by atoms with Gasteiger partial charge in [-0.15, -0.1) is 0 Å². The van der Waals surface area contributed by atoms with Crippen LogP contribution >= 0.6 is 0 Å². The van der Waals surface area contributed by atoms with Crippen LogP contribution in [0.15, 0.2) is 17.7 Å². The summed E-state index contributed by atoms with van der Waals surface area (Å²) in [6, 6.07) is 0. The Kier molecular flexibility index (Phi) is 5.91. The molecular formula is C11H19.